The van der Waals surface area contributed by atoms with Gasteiger partial charge in [-0.25, -0.2) is 18.7 Å². The van der Waals surface area contributed by atoms with Crippen molar-refractivity contribution in [1.29, 1.82) is 0 Å². The zero-order valence-corrected chi connectivity index (χ0v) is 25.9. The third kappa shape index (κ3) is 5.12. The number of aromatic nitrogens is 2. The van der Waals surface area contributed by atoms with E-state index in [2.05, 4.69) is 15.3 Å². The van der Waals surface area contributed by atoms with E-state index in [9.17, 15) is 23.5 Å². The molecule has 0 spiro atoms. The number of fused-ring (bicyclic) bond motifs is 2. The summed E-state index contributed by atoms with van der Waals surface area (Å²) in [5.41, 5.74) is 4.49. The molecular formula is C32H28Cl2F2N4O5. The largest absolute Gasteiger partial charge is 0.494 e. The fourth-order valence-corrected chi connectivity index (χ4v) is 6.03. The fraction of sp³-hybridized carbons (Fsp3) is 0.312. The molecule has 4 N–H and O–H groups in total. The highest BCUT2D eigenvalue weighted by atomic mass is 35.5. The number of nitrogens with one attached hydrogen (secondary N) is 1. The predicted molar refractivity (Wildman–Crippen MR) is 164 cm³/mol. The molecular weight excluding hydrogens is 629 g/mol. The third-order valence-corrected chi connectivity index (χ3v) is 9.37. The minimum absolute atomic E-state index is 0.000661. The second-order valence-corrected chi connectivity index (χ2v) is 12.4. The Labute approximate surface area is 266 Å². The minimum Gasteiger partial charge on any atom is -0.494 e. The standard InChI is InChI=1S/C32H28Cl2F2N4O5/c1-14-20(33)9-15-8-16(10-22(44-3)26(15)39-14)29(41)38-12-32(43,17-4-5-17)23-11-19-28(45-13-31(19,2)30(37)42)27(40-23)18-6-7-21(35)25(36)24(18)34/h6-11,17,43H,4-5,12-13H2,1-3H3,(H2,37,42)(H,38,41)/t31-,32+/m0/s1. The van der Waals surface area contributed by atoms with E-state index in [0.29, 0.717) is 45.8 Å². The molecule has 1 aliphatic carbocycles. The smallest absolute Gasteiger partial charge is 0.251 e. The maximum Gasteiger partial charge on any atom is 0.251 e. The molecule has 0 radical (unpaired) electrons. The molecule has 2 aromatic carbocycles. The van der Waals surface area contributed by atoms with Crippen LogP contribution in [0.15, 0.2) is 36.4 Å². The Kier molecular flexibility index (Phi) is 7.62. The van der Waals surface area contributed by atoms with Gasteiger partial charge in [-0.1, -0.05) is 23.2 Å². The number of rotatable bonds is 8. The van der Waals surface area contributed by atoms with Crippen molar-refractivity contribution in [1.82, 2.24) is 15.3 Å². The van der Waals surface area contributed by atoms with Crippen LogP contribution in [0.1, 0.15) is 47.1 Å². The second-order valence-electron chi connectivity index (χ2n) is 11.6. The number of aliphatic hydroxyl groups is 1. The highest BCUT2D eigenvalue weighted by Gasteiger charge is 2.50. The molecule has 13 heteroatoms. The van der Waals surface area contributed by atoms with Gasteiger partial charge in [-0.3, -0.25) is 9.59 Å². The van der Waals surface area contributed by atoms with Gasteiger partial charge in [0, 0.05) is 22.1 Å². The topological polar surface area (TPSA) is 137 Å². The van der Waals surface area contributed by atoms with E-state index in [1.165, 1.54) is 19.2 Å². The molecule has 2 amide bonds. The van der Waals surface area contributed by atoms with Gasteiger partial charge in [0.2, 0.25) is 5.91 Å². The van der Waals surface area contributed by atoms with Gasteiger partial charge >= 0.3 is 0 Å². The number of nitrogens with zero attached hydrogens (tertiary/aromatic N) is 2. The number of primary amides is 1. The number of aryl methyl sites for hydroxylation is 1. The van der Waals surface area contributed by atoms with Crippen LogP contribution in [-0.2, 0) is 15.8 Å². The number of benzene rings is 2. The van der Waals surface area contributed by atoms with Crippen LogP contribution < -0.4 is 20.5 Å². The van der Waals surface area contributed by atoms with E-state index >= 15 is 0 Å². The monoisotopic (exact) mass is 656 g/mol. The Morgan fingerprint density at radius 1 is 1.20 bits per heavy atom. The molecule has 1 fully saturated rings. The number of carbonyl (C=O) groups excluding carboxylic acids is 2. The summed E-state index contributed by atoms with van der Waals surface area (Å²) in [5, 5.41) is 15.5. The van der Waals surface area contributed by atoms with E-state index < -0.39 is 39.5 Å². The van der Waals surface area contributed by atoms with Crippen molar-refractivity contribution in [2.75, 3.05) is 20.3 Å². The SMILES string of the molecule is COc1cc(C(=O)NC[C@](O)(c2cc3c(c(-c4ccc(F)c(F)c4Cl)n2)OC[C@]3(C)C(N)=O)C2CC2)cc2cc(Cl)c(C)nc12. The summed E-state index contributed by atoms with van der Waals surface area (Å²) >= 11 is 12.5. The summed E-state index contributed by atoms with van der Waals surface area (Å²) in [5.74, 6) is -3.48. The van der Waals surface area contributed by atoms with Crippen LogP contribution in [0.2, 0.25) is 10.0 Å². The first-order valence-electron chi connectivity index (χ1n) is 14.1. The molecule has 45 heavy (non-hydrogen) atoms. The molecule has 234 valence electrons. The lowest BCUT2D eigenvalue weighted by Gasteiger charge is -2.30. The van der Waals surface area contributed by atoms with Crippen molar-refractivity contribution in [3.8, 4) is 22.8 Å². The number of ether oxygens (including phenoxy) is 2. The maximum absolute atomic E-state index is 14.6. The Morgan fingerprint density at radius 3 is 2.60 bits per heavy atom. The molecule has 1 aliphatic heterocycles. The van der Waals surface area contributed by atoms with Gasteiger partial charge in [-0.2, -0.15) is 0 Å². The van der Waals surface area contributed by atoms with Gasteiger partial charge in [0.25, 0.3) is 5.91 Å². The van der Waals surface area contributed by atoms with Crippen LogP contribution in [0.4, 0.5) is 8.78 Å². The number of pyridine rings is 2. The average molecular weight is 658 g/mol. The Hall–Kier alpha value is -4.06. The molecule has 2 aromatic heterocycles. The molecule has 1 saturated carbocycles. The van der Waals surface area contributed by atoms with E-state index in [1.807, 2.05) is 0 Å². The van der Waals surface area contributed by atoms with Gasteiger partial charge in [0.05, 0.1) is 35.1 Å². The zero-order chi connectivity index (χ0) is 32.4. The molecule has 3 heterocycles. The highest BCUT2D eigenvalue weighted by Crippen LogP contribution is 2.50. The zero-order valence-electron chi connectivity index (χ0n) is 24.4. The van der Waals surface area contributed by atoms with Crippen molar-refractivity contribution < 1.29 is 33.0 Å². The quantitative estimate of drug-likeness (QED) is 0.217. The summed E-state index contributed by atoms with van der Waals surface area (Å²) in [6.07, 6.45) is 1.26. The summed E-state index contributed by atoms with van der Waals surface area (Å²) in [6.45, 7) is 2.93. The summed E-state index contributed by atoms with van der Waals surface area (Å²) in [4.78, 5) is 35.2. The average Bonchev–Trinajstić information content (AvgIpc) is 3.82. The number of nitrogens with two attached hydrogens (primary N) is 1. The molecule has 0 unspecified atom stereocenters. The number of hydrogen-bond donors (Lipinski definition) is 3. The van der Waals surface area contributed by atoms with Crippen molar-refractivity contribution in [3.63, 3.8) is 0 Å². The molecule has 9 nitrogen and oxygen atoms in total. The molecule has 0 saturated heterocycles. The number of carbonyl (C=O) groups is 2. The first kappa shape index (κ1) is 30.9. The number of hydrogen-bond acceptors (Lipinski definition) is 7. The van der Waals surface area contributed by atoms with E-state index in [-0.39, 0.29) is 47.3 Å². The highest BCUT2D eigenvalue weighted by molar-refractivity contribution is 6.33. The van der Waals surface area contributed by atoms with Crippen LogP contribution >= 0.6 is 23.2 Å². The Bertz CT molecular complexity index is 1920. The lowest BCUT2D eigenvalue weighted by Crippen LogP contribution is -2.44. The van der Waals surface area contributed by atoms with Gasteiger partial charge in [0.15, 0.2) is 11.6 Å². The maximum atomic E-state index is 14.6. The van der Waals surface area contributed by atoms with Gasteiger partial charge < -0.3 is 25.6 Å². The number of halogens is 4. The van der Waals surface area contributed by atoms with Crippen molar-refractivity contribution in [3.05, 3.63) is 80.6 Å². The van der Waals surface area contributed by atoms with Crippen molar-refractivity contribution in [2.24, 2.45) is 11.7 Å². The normalized spacial score (nSPS) is 18.7. The van der Waals surface area contributed by atoms with Crippen molar-refractivity contribution in [2.45, 2.75) is 37.7 Å². The van der Waals surface area contributed by atoms with Crippen LogP contribution in [0.3, 0.4) is 0 Å². The minimum atomic E-state index is -1.73. The Balaban J connectivity index is 1.42. The lowest BCUT2D eigenvalue weighted by atomic mass is 9.81. The van der Waals surface area contributed by atoms with Crippen LogP contribution in [0, 0.1) is 24.5 Å². The third-order valence-electron chi connectivity index (χ3n) is 8.62. The summed E-state index contributed by atoms with van der Waals surface area (Å²) in [7, 11) is 1.47. The molecule has 0 bridgehead atoms. The van der Waals surface area contributed by atoms with Gasteiger partial charge in [0.1, 0.15) is 40.3 Å². The second kappa shape index (κ2) is 11.1. The van der Waals surface area contributed by atoms with Gasteiger partial charge in [-0.15, -0.1) is 0 Å². The molecule has 6 rings (SSSR count). The molecule has 4 aromatic rings. The molecule has 2 aliphatic rings. The lowest BCUT2D eigenvalue weighted by molar-refractivity contribution is -0.123. The van der Waals surface area contributed by atoms with Crippen LogP contribution in [0.25, 0.3) is 22.2 Å². The van der Waals surface area contributed by atoms with Crippen LogP contribution in [0.5, 0.6) is 11.5 Å². The van der Waals surface area contributed by atoms with E-state index in [0.717, 1.165) is 6.07 Å². The van der Waals surface area contributed by atoms with Crippen molar-refractivity contribution >= 4 is 45.9 Å². The molecule has 2 atom stereocenters. The summed E-state index contributed by atoms with van der Waals surface area (Å²) in [6, 6.07) is 8.51. The van der Waals surface area contributed by atoms with E-state index in [1.54, 1.807) is 32.0 Å². The predicted octanol–water partition coefficient (Wildman–Crippen LogP) is 5.36. The van der Waals surface area contributed by atoms with E-state index in [4.69, 9.17) is 38.4 Å². The summed E-state index contributed by atoms with van der Waals surface area (Å²) < 4.78 is 39.9. The Morgan fingerprint density at radius 2 is 1.93 bits per heavy atom. The first-order chi connectivity index (χ1) is 21.3. The van der Waals surface area contributed by atoms with Gasteiger partial charge in [-0.05, 0) is 69.0 Å². The fourth-order valence-electron chi connectivity index (χ4n) is 5.63. The van der Waals surface area contributed by atoms with Crippen LogP contribution in [-0.4, -0.2) is 47.2 Å². The number of methoxy groups -OCH3 is 1. The first-order valence-corrected chi connectivity index (χ1v) is 14.8. The number of amides is 2.